The molecule has 0 bridgehead atoms. The van der Waals surface area contributed by atoms with Gasteiger partial charge in [0.15, 0.2) is 5.41 Å². The van der Waals surface area contributed by atoms with Crippen LogP contribution in [0.15, 0.2) is 0 Å². The van der Waals surface area contributed by atoms with E-state index >= 15 is 0 Å². The molecule has 0 saturated carbocycles. The molecule has 0 N–H and O–H groups in total. The average molecular weight is 227 g/mol. The zero-order valence-electron chi connectivity index (χ0n) is 8.99. The van der Waals surface area contributed by atoms with Crippen molar-refractivity contribution in [3.8, 4) is 0 Å². The second-order valence-electron chi connectivity index (χ2n) is 3.71. The SMILES string of the molecule is COC(=O)C1(c2sc(C)nc2C)COC1. The summed E-state index contributed by atoms with van der Waals surface area (Å²) in [6, 6.07) is 0. The number of nitrogens with zero attached hydrogens (tertiary/aromatic N) is 1. The zero-order valence-corrected chi connectivity index (χ0v) is 9.81. The summed E-state index contributed by atoms with van der Waals surface area (Å²) in [4.78, 5) is 17.1. The number of methoxy groups -OCH3 is 1. The molecule has 15 heavy (non-hydrogen) atoms. The molecule has 82 valence electrons. The van der Waals surface area contributed by atoms with Crippen molar-refractivity contribution in [3.63, 3.8) is 0 Å². The van der Waals surface area contributed by atoms with Gasteiger partial charge in [-0.1, -0.05) is 0 Å². The molecular formula is C10H13NO3S. The van der Waals surface area contributed by atoms with E-state index in [-0.39, 0.29) is 5.97 Å². The Labute approximate surface area is 92.2 Å². The van der Waals surface area contributed by atoms with Gasteiger partial charge < -0.3 is 9.47 Å². The fraction of sp³-hybridized carbons (Fsp3) is 0.600. The van der Waals surface area contributed by atoms with Crippen LogP contribution in [0.2, 0.25) is 0 Å². The van der Waals surface area contributed by atoms with E-state index in [1.54, 1.807) is 11.3 Å². The minimum absolute atomic E-state index is 0.222. The zero-order chi connectivity index (χ0) is 11.1. The van der Waals surface area contributed by atoms with Crippen LogP contribution in [0.5, 0.6) is 0 Å². The summed E-state index contributed by atoms with van der Waals surface area (Å²) in [5.74, 6) is -0.222. The summed E-state index contributed by atoms with van der Waals surface area (Å²) in [5.41, 5.74) is 0.316. The first kappa shape index (κ1) is 10.6. The molecule has 2 heterocycles. The van der Waals surface area contributed by atoms with Crippen LogP contribution in [0.1, 0.15) is 15.6 Å². The molecule has 1 aromatic rings. The van der Waals surface area contributed by atoms with Crippen molar-refractivity contribution in [1.82, 2.24) is 4.98 Å². The lowest BCUT2D eigenvalue weighted by molar-refractivity contribution is -0.166. The number of hydrogen-bond acceptors (Lipinski definition) is 5. The lowest BCUT2D eigenvalue weighted by Gasteiger charge is -2.37. The first-order valence-electron chi connectivity index (χ1n) is 4.71. The third kappa shape index (κ3) is 1.46. The molecule has 0 radical (unpaired) electrons. The summed E-state index contributed by atoms with van der Waals surface area (Å²) in [7, 11) is 1.41. The maximum absolute atomic E-state index is 11.8. The summed E-state index contributed by atoms with van der Waals surface area (Å²) < 4.78 is 9.99. The van der Waals surface area contributed by atoms with Gasteiger partial charge in [-0.3, -0.25) is 4.79 Å². The number of esters is 1. The van der Waals surface area contributed by atoms with Crippen molar-refractivity contribution in [1.29, 1.82) is 0 Å². The second-order valence-corrected chi connectivity index (χ2v) is 4.92. The number of hydrogen-bond donors (Lipinski definition) is 0. The van der Waals surface area contributed by atoms with Gasteiger partial charge in [-0.15, -0.1) is 11.3 Å². The van der Waals surface area contributed by atoms with Gasteiger partial charge in [0, 0.05) is 4.88 Å². The normalized spacial score (nSPS) is 18.3. The summed E-state index contributed by atoms with van der Waals surface area (Å²) in [6.07, 6.45) is 0. The van der Waals surface area contributed by atoms with E-state index < -0.39 is 5.41 Å². The van der Waals surface area contributed by atoms with E-state index in [0.717, 1.165) is 15.6 Å². The molecule has 0 spiro atoms. The summed E-state index contributed by atoms with van der Waals surface area (Å²) >= 11 is 1.55. The number of ether oxygens (including phenoxy) is 2. The molecule has 0 atom stereocenters. The number of carbonyl (C=O) groups is 1. The van der Waals surface area contributed by atoms with E-state index in [2.05, 4.69) is 4.98 Å². The Morgan fingerprint density at radius 1 is 1.53 bits per heavy atom. The van der Waals surface area contributed by atoms with Crippen molar-refractivity contribution in [2.45, 2.75) is 19.3 Å². The minimum Gasteiger partial charge on any atom is -0.468 e. The smallest absolute Gasteiger partial charge is 0.321 e. The van der Waals surface area contributed by atoms with Crippen LogP contribution in [0, 0.1) is 13.8 Å². The molecule has 2 rings (SSSR count). The van der Waals surface area contributed by atoms with Gasteiger partial charge in [0.05, 0.1) is 31.0 Å². The molecule has 1 aliphatic heterocycles. The van der Waals surface area contributed by atoms with Crippen LogP contribution in [0.4, 0.5) is 0 Å². The maximum Gasteiger partial charge on any atom is 0.321 e. The molecule has 4 nitrogen and oxygen atoms in total. The van der Waals surface area contributed by atoms with Crippen molar-refractivity contribution < 1.29 is 14.3 Å². The van der Waals surface area contributed by atoms with Gasteiger partial charge in [-0.05, 0) is 13.8 Å². The number of aryl methyl sites for hydroxylation is 2. The minimum atomic E-state index is -0.593. The maximum atomic E-state index is 11.8. The highest BCUT2D eigenvalue weighted by molar-refractivity contribution is 7.12. The molecule has 0 unspecified atom stereocenters. The standard InChI is InChI=1S/C10H13NO3S/c1-6-8(15-7(2)11-6)10(4-14-5-10)9(12)13-3/h4-5H2,1-3H3. The predicted octanol–water partition coefficient (Wildman–Crippen LogP) is 1.20. The van der Waals surface area contributed by atoms with Crippen molar-refractivity contribution >= 4 is 17.3 Å². The Morgan fingerprint density at radius 2 is 2.20 bits per heavy atom. The number of thiazole rings is 1. The van der Waals surface area contributed by atoms with Crippen molar-refractivity contribution in [3.05, 3.63) is 15.6 Å². The second kappa shape index (κ2) is 3.57. The van der Waals surface area contributed by atoms with Gasteiger partial charge in [-0.25, -0.2) is 4.98 Å². The van der Waals surface area contributed by atoms with Crippen LogP contribution in [-0.4, -0.2) is 31.3 Å². The Morgan fingerprint density at radius 3 is 2.53 bits per heavy atom. The number of aromatic nitrogens is 1. The van der Waals surface area contributed by atoms with Gasteiger partial charge >= 0.3 is 5.97 Å². The first-order valence-corrected chi connectivity index (χ1v) is 5.52. The fourth-order valence-corrected chi connectivity index (χ4v) is 2.89. The lowest BCUT2D eigenvalue weighted by Crippen LogP contribution is -2.53. The van der Waals surface area contributed by atoms with Gasteiger partial charge in [0.25, 0.3) is 0 Å². The Bertz CT molecular complexity index is 395. The topological polar surface area (TPSA) is 48.4 Å². The number of carbonyl (C=O) groups excluding carboxylic acids is 1. The highest BCUT2D eigenvalue weighted by atomic mass is 32.1. The third-order valence-electron chi connectivity index (χ3n) is 2.61. The quantitative estimate of drug-likeness (QED) is 0.712. The Hall–Kier alpha value is -0.940. The van der Waals surface area contributed by atoms with Crippen molar-refractivity contribution in [2.24, 2.45) is 0 Å². The molecule has 0 aromatic carbocycles. The number of rotatable bonds is 2. The molecular weight excluding hydrogens is 214 g/mol. The van der Waals surface area contributed by atoms with E-state index in [0.29, 0.717) is 13.2 Å². The fourth-order valence-electron chi connectivity index (χ4n) is 1.82. The van der Waals surface area contributed by atoms with Gasteiger partial charge in [-0.2, -0.15) is 0 Å². The van der Waals surface area contributed by atoms with E-state index in [1.807, 2.05) is 13.8 Å². The predicted molar refractivity (Wildman–Crippen MR) is 56.1 cm³/mol. The van der Waals surface area contributed by atoms with E-state index in [9.17, 15) is 4.79 Å². The molecule has 1 saturated heterocycles. The highest BCUT2D eigenvalue weighted by Crippen LogP contribution is 2.38. The molecule has 1 aromatic heterocycles. The summed E-state index contributed by atoms with van der Waals surface area (Å²) in [6.45, 7) is 4.66. The van der Waals surface area contributed by atoms with Crippen molar-refractivity contribution in [2.75, 3.05) is 20.3 Å². The van der Waals surface area contributed by atoms with Crippen LogP contribution in [0.25, 0.3) is 0 Å². The average Bonchev–Trinajstić information content (AvgIpc) is 2.44. The molecule has 1 fully saturated rings. The monoisotopic (exact) mass is 227 g/mol. The summed E-state index contributed by atoms with van der Waals surface area (Å²) in [5, 5.41) is 0.970. The third-order valence-corrected chi connectivity index (χ3v) is 3.89. The molecule has 0 aliphatic carbocycles. The molecule has 1 aliphatic rings. The van der Waals surface area contributed by atoms with Crippen LogP contribution >= 0.6 is 11.3 Å². The molecule has 5 heteroatoms. The van der Waals surface area contributed by atoms with Crippen LogP contribution < -0.4 is 0 Å². The van der Waals surface area contributed by atoms with Crippen LogP contribution in [0.3, 0.4) is 0 Å². The lowest BCUT2D eigenvalue weighted by atomic mass is 9.83. The Balaban J connectivity index is 2.42. The Kier molecular flexibility index (Phi) is 2.52. The van der Waals surface area contributed by atoms with Crippen LogP contribution in [-0.2, 0) is 19.7 Å². The van der Waals surface area contributed by atoms with E-state index in [4.69, 9.17) is 9.47 Å². The van der Waals surface area contributed by atoms with E-state index in [1.165, 1.54) is 7.11 Å². The molecule has 0 amide bonds. The van der Waals surface area contributed by atoms with Gasteiger partial charge in [0.2, 0.25) is 0 Å². The highest BCUT2D eigenvalue weighted by Gasteiger charge is 2.51. The first-order chi connectivity index (χ1) is 7.10. The van der Waals surface area contributed by atoms with Gasteiger partial charge in [0.1, 0.15) is 0 Å². The largest absolute Gasteiger partial charge is 0.468 e.